The van der Waals surface area contributed by atoms with Crippen molar-refractivity contribution in [1.29, 1.82) is 0 Å². The van der Waals surface area contributed by atoms with E-state index in [1.165, 1.54) is 12.8 Å². The summed E-state index contributed by atoms with van der Waals surface area (Å²) >= 11 is 0. The molecule has 27 heavy (non-hydrogen) atoms. The average molecular weight is 373 g/mol. The Morgan fingerprint density at radius 3 is 2.15 bits per heavy atom. The number of urea groups is 1. The van der Waals surface area contributed by atoms with Crippen LogP contribution in [0.1, 0.15) is 45.4 Å². The maximum Gasteiger partial charge on any atom is 0.315 e. The number of hydrogen-bond donors (Lipinski definition) is 3. The van der Waals surface area contributed by atoms with E-state index in [0.717, 1.165) is 50.4 Å². The lowest BCUT2D eigenvalue weighted by atomic mass is 9.87. The zero-order valence-electron chi connectivity index (χ0n) is 16.2. The van der Waals surface area contributed by atoms with Crippen molar-refractivity contribution >= 4 is 17.6 Å². The first-order chi connectivity index (χ1) is 13.1. The molecule has 6 nitrogen and oxygen atoms in total. The van der Waals surface area contributed by atoms with Gasteiger partial charge < -0.3 is 16.0 Å². The van der Waals surface area contributed by atoms with Gasteiger partial charge in [-0.25, -0.2) is 4.79 Å². The molecular formula is C21H32N4O2. The van der Waals surface area contributed by atoms with Gasteiger partial charge in [0.25, 0.3) is 0 Å². The predicted octanol–water partition coefficient (Wildman–Crippen LogP) is 2.97. The number of rotatable bonds is 5. The Morgan fingerprint density at radius 1 is 0.926 bits per heavy atom. The molecule has 2 fully saturated rings. The molecule has 1 aliphatic heterocycles. The Kier molecular flexibility index (Phi) is 7.10. The highest BCUT2D eigenvalue weighted by molar-refractivity contribution is 5.92. The van der Waals surface area contributed by atoms with Crippen molar-refractivity contribution in [3.63, 3.8) is 0 Å². The standard InChI is InChI=1S/C21H32N4O2/c1-16-7-9-18(10-8-16)23-21(27)24-19-11-13-25(14-12-19)15-20(26)22-17-5-3-2-4-6-17/h2-6,16,18-19H,7-15H2,1H3,(H,22,26)(H2,23,24,27). The van der Waals surface area contributed by atoms with Crippen LogP contribution in [0.25, 0.3) is 0 Å². The van der Waals surface area contributed by atoms with E-state index in [4.69, 9.17) is 0 Å². The van der Waals surface area contributed by atoms with E-state index >= 15 is 0 Å². The summed E-state index contributed by atoms with van der Waals surface area (Å²) < 4.78 is 0. The van der Waals surface area contributed by atoms with Gasteiger partial charge in [-0.05, 0) is 56.6 Å². The van der Waals surface area contributed by atoms with Crippen molar-refractivity contribution in [2.75, 3.05) is 25.0 Å². The first-order valence-electron chi connectivity index (χ1n) is 10.2. The summed E-state index contributed by atoms with van der Waals surface area (Å²) in [5.41, 5.74) is 0.827. The van der Waals surface area contributed by atoms with Crippen LogP contribution >= 0.6 is 0 Å². The van der Waals surface area contributed by atoms with Crippen molar-refractivity contribution in [3.05, 3.63) is 30.3 Å². The van der Waals surface area contributed by atoms with Gasteiger partial charge in [-0.15, -0.1) is 0 Å². The van der Waals surface area contributed by atoms with Gasteiger partial charge in [-0.1, -0.05) is 25.1 Å². The molecule has 6 heteroatoms. The van der Waals surface area contributed by atoms with Crippen LogP contribution in [0, 0.1) is 5.92 Å². The summed E-state index contributed by atoms with van der Waals surface area (Å²) in [6.45, 7) is 4.33. The summed E-state index contributed by atoms with van der Waals surface area (Å²) in [6, 6.07) is 10.0. The van der Waals surface area contributed by atoms with Crippen LogP contribution in [0.3, 0.4) is 0 Å². The minimum absolute atomic E-state index is 0.0110. The highest BCUT2D eigenvalue weighted by Crippen LogP contribution is 2.23. The van der Waals surface area contributed by atoms with Crippen LogP contribution in [-0.4, -0.2) is 48.6 Å². The third-order valence-corrected chi connectivity index (χ3v) is 5.70. The van der Waals surface area contributed by atoms with Crippen molar-refractivity contribution in [2.24, 2.45) is 5.92 Å². The van der Waals surface area contributed by atoms with E-state index in [1.54, 1.807) is 0 Å². The molecule has 1 aromatic carbocycles. The van der Waals surface area contributed by atoms with Gasteiger partial charge in [0.15, 0.2) is 0 Å². The van der Waals surface area contributed by atoms with Crippen molar-refractivity contribution in [1.82, 2.24) is 15.5 Å². The molecular weight excluding hydrogens is 340 g/mol. The van der Waals surface area contributed by atoms with E-state index < -0.39 is 0 Å². The third-order valence-electron chi connectivity index (χ3n) is 5.70. The van der Waals surface area contributed by atoms with Gasteiger partial charge >= 0.3 is 6.03 Å². The topological polar surface area (TPSA) is 73.5 Å². The molecule has 2 aliphatic rings. The Hall–Kier alpha value is -2.08. The van der Waals surface area contributed by atoms with Crippen LogP contribution in [0.15, 0.2) is 30.3 Å². The Morgan fingerprint density at radius 2 is 1.52 bits per heavy atom. The normalized spacial score (nSPS) is 24.2. The summed E-state index contributed by atoms with van der Waals surface area (Å²) in [6.07, 6.45) is 6.34. The van der Waals surface area contributed by atoms with Crippen molar-refractivity contribution < 1.29 is 9.59 Å². The number of likely N-dealkylation sites (tertiary alicyclic amines) is 1. The monoisotopic (exact) mass is 372 g/mol. The minimum atomic E-state index is -0.0326. The minimum Gasteiger partial charge on any atom is -0.335 e. The molecule has 0 unspecified atom stereocenters. The van der Waals surface area contributed by atoms with E-state index in [-0.39, 0.29) is 18.0 Å². The number of piperidine rings is 1. The van der Waals surface area contributed by atoms with Crippen molar-refractivity contribution in [2.45, 2.75) is 57.5 Å². The first-order valence-corrected chi connectivity index (χ1v) is 10.2. The molecule has 1 heterocycles. The molecule has 0 radical (unpaired) electrons. The van der Waals surface area contributed by atoms with E-state index in [9.17, 15) is 9.59 Å². The lowest BCUT2D eigenvalue weighted by Gasteiger charge is -2.33. The average Bonchev–Trinajstić information content (AvgIpc) is 2.66. The fourth-order valence-corrected chi connectivity index (χ4v) is 3.98. The predicted molar refractivity (Wildman–Crippen MR) is 108 cm³/mol. The van der Waals surface area contributed by atoms with Crippen molar-refractivity contribution in [3.8, 4) is 0 Å². The Labute approximate surface area is 162 Å². The SMILES string of the molecule is CC1CCC(NC(=O)NC2CCN(CC(=O)Nc3ccccc3)CC2)CC1. The van der Waals surface area contributed by atoms with Gasteiger partial charge in [0.05, 0.1) is 6.54 Å². The lowest BCUT2D eigenvalue weighted by Crippen LogP contribution is -2.51. The number of anilines is 1. The number of amides is 3. The molecule has 1 saturated heterocycles. The number of carbonyl (C=O) groups is 2. The molecule has 0 bridgehead atoms. The molecule has 1 saturated carbocycles. The van der Waals surface area contributed by atoms with Gasteiger partial charge in [-0.2, -0.15) is 0 Å². The number of nitrogens with one attached hydrogen (secondary N) is 3. The second-order valence-electron chi connectivity index (χ2n) is 8.04. The van der Waals surface area contributed by atoms with Crippen LogP contribution in [0.4, 0.5) is 10.5 Å². The van der Waals surface area contributed by atoms with Gasteiger partial charge in [0, 0.05) is 30.9 Å². The molecule has 0 aromatic heterocycles. The van der Waals surface area contributed by atoms with E-state index in [1.807, 2.05) is 30.3 Å². The molecule has 3 N–H and O–H groups in total. The molecule has 148 valence electrons. The zero-order valence-corrected chi connectivity index (χ0v) is 16.2. The number of para-hydroxylation sites is 1. The third kappa shape index (κ3) is 6.54. The highest BCUT2D eigenvalue weighted by Gasteiger charge is 2.24. The molecule has 3 amide bonds. The van der Waals surface area contributed by atoms with Gasteiger partial charge in [0.1, 0.15) is 0 Å². The quantitative estimate of drug-likeness (QED) is 0.744. The molecule has 1 aliphatic carbocycles. The van der Waals surface area contributed by atoms with Crippen LogP contribution in [0.5, 0.6) is 0 Å². The van der Waals surface area contributed by atoms with E-state index in [0.29, 0.717) is 12.6 Å². The van der Waals surface area contributed by atoms with E-state index in [2.05, 4.69) is 27.8 Å². The van der Waals surface area contributed by atoms with Crippen LogP contribution in [0.2, 0.25) is 0 Å². The molecule has 0 spiro atoms. The van der Waals surface area contributed by atoms with Crippen LogP contribution in [-0.2, 0) is 4.79 Å². The largest absolute Gasteiger partial charge is 0.335 e. The summed E-state index contributed by atoms with van der Waals surface area (Å²) in [4.78, 5) is 26.5. The van der Waals surface area contributed by atoms with Gasteiger partial charge in [-0.3, -0.25) is 9.69 Å². The summed E-state index contributed by atoms with van der Waals surface area (Å²) in [5.74, 6) is 0.798. The smallest absolute Gasteiger partial charge is 0.315 e. The molecule has 0 atom stereocenters. The fourth-order valence-electron chi connectivity index (χ4n) is 3.98. The van der Waals surface area contributed by atoms with Gasteiger partial charge in [0.2, 0.25) is 5.91 Å². The second kappa shape index (κ2) is 9.74. The summed E-state index contributed by atoms with van der Waals surface area (Å²) in [7, 11) is 0. The summed E-state index contributed by atoms with van der Waals surface area (Å²) in [5, 5.41) is 9.16. The lowest BCUT2D eigenvalue weighted by molar-refractivity contribution is -0.117. The number of nitrogens with zero attached hydrogens (tertiary/aromatic N) is 1. The number of benzene rings is 1. The zero-order chi connectivity index (χ0) is 19.1. The molecule has 1 aromatic rings. The first kappa shape index (κ1) is 19.7. The Balaban J connectivity index is 1.32. The number of hydrogen-bond acceptors (Lipinski definition) is 3. The maximum atomic E-state index is 12.2. The highest BCUT2D eigenvalue weighted by atomic mass is 16.2. The molecule has 3 rings (SSSR count). The number of carbonyl (C=O) groups excluding carboxylic acids is 2. The fraction of sp³-hybridized carbons (Fsp3) is 0.619. The second-order valence-corrected chi connectivity index (χ2v) is 8.04. The maximum absolute atomic E-state index is 12.2. The van der Waals surface area contributed by atoms with Crippen LogP contribution < -0.4 is 16.0 Å². The Bertz CT molecular complexity index is 606.